The summed E-state index contributed by atoms with van der Waals surface area (Å²) in [6.07, 6.45) is -0.0302. The average molecular weight is 365 g/mol. The molecule has 0 fully saturated rings. The molecule has 0 saturated carbocycles. The van der Waals surface area contributed by atoms with Crippen molar-refractivity contribution in [1.29, 1.82) is 0 Å². The normalized spacial score (nSPS) is 11.3. The molecule has 1 amide bonds. The van der Waals surface area contributed by atoms with Gasteiger partial charge in [0.05, 0.1) is 12.5 Å². The lowest BCUT2D eigenvalue weighted by Gasteiger charge is -2.14. The minimum absolute atomic E-state index is 0. The second-order valence-corrected chi connectivity index (χ2v) is 5.60. The molecule has 2 aromatic carbocycles. The second-order valence-electron chi connectivity index (χ2n) is 5.60. The van der Waals surface area contributed by atoms with Crippen LogP contribution in [0, 0.1) is 6.92 Å². The average Bonchev–Trinajstić information content (AvgIpc) is 2.61. The lowest BCUT2D eigenvalue weighted by molar-refractivity contribution is -0.118. The van der Waals surface area contributed by atoms with Gasteiger partial charge in [0.15, 0.2) is 0 Å². The zero-order chi connectivity index (χ0) is 17.4. The molecule has 25 heavy (non-hydrogen) atoms. The van der Waals surface area contributed by atoms with Gasteiger partial charge in [-0.15, -0.1) is 12.4 Å². The van der Waals surface area contributed by atoms with Gasteiger partial charge in [-0.05, 0) is 36.2 Å². The number of hydrogen-bond donors (Lipinski definition) is 2. The van der Waals surface area contributed by atoms with Crippen molar-refractivity contribution in [1.82, 2.24) is 0 Å². The Kier molecular flexibility index (Phi) is 8.99. The van der Waals surface area contributed by atoms with Gasteiger partial charge in [-0.3, -0.25) is 4.79 Å². The molecular formula is C19H25ClN2O3. The number of hydrogen-bond acceptors (Lipinski definition) is 4. The van der Waals surface area contributed by atoms with Crippen LogP contribution in [0.15, 0.2) is 48.5 Å². The molecule has 0 aromatic heterocycles. The molecule has 3 N–H and O–H groups in total. The molecule has 0 heterocycles. The van der Waals surface area contributed by atoms with Crippen LogP contribution in [0.2, 0.25) is 0 Å². The molecule has 0 bridgehead atoms. The second kappa shape index (κ2) is 10.7. The van der Waals surface area contributed by atoms with Crippen molar-refractivity contribution < 1.29 is 14.3 Å². The Hall–Kier alpha value is -2.08. The van der Waals surface area contributed by atoms with Crippen LogP contribution in [0.3, 0.4) is 0 Å². The van der Waals surface area contributed by atoms with Gasteiger partial charge >= 0.3 is 0 Å². The number of aryl methyl sites for hydroxylation is 1. The highest BCUT2D eigenvalue weighted by Gasteiger charge is 2.12. The van der Waals surface area contributed by atoms with Gasteiger partial charge in [-0.2, -0.15) is 0 Å². The molecule has 0 spiro atoms. The van der Waals surface area contributed by atoms with E-state index in [9.17, 15) is 4.79 Å². The number of nitrogens with two attached hydrogens (primary N) is 1. The van der Waals surface area contributed by atoms with Gasteiger partial charge in [0.2, 0.25) is 5.91 Å². The van der Waals surface area contributed by atoms with Crippen molar-refractivity contribution in [3.63, 3.8) is 0 Å². The Morgan fingerprint density at radius 3 is 2.52 bits per heavy atom. The zero-order valence-electron chi connectivity index (χ0n) is 14.5. The summed E-state index contributed by atoms with van der Waals surface area (Å²) in [6.45, 7) is 2.76. The van der Waals surface area contributed by atoms with Crippen LogP contribution in [0.25, 0.3) is 0 Å². The van der Waals surface area contributed by atoms with Crippen LogP contribution >= 0.6 is 12.4 Å². The lowest BCUT2D eigenvalue weighted by Crippen LogP contribution is -2.28. The number of anilines is 1. The summed E-state index contributed by atoms with van der Waals surface area (Å²) >= 11 is 0. The number of rotatable bonds is 8. The summed E-state index contributed by atoms with van der Waals surface area (Å²) in [5, 5.41) is 2.88. The molecule has 2 aromatic rings. The van der Waals surface area contributed by atoms with Crippen LogP contribution in [0.4, 0.5) is 5.69 Å². The van der Waals surface area contributed by atoms with Crippen molar-refractivity contribution in [2.75, 3.05) is 19.0 Å². The Morgan fingerprint density at radius 1 is 1.20 bits per heavy atom. The topological polar surface area (TPSA) is 73.6 Å². The summed E-state index contributed by atoms with van der Waals surface area (Å²) < 4.78 is 10.9. The van der Waals surface area contributed by atoms with Crippen LogP contribution < -0.4 is 15.8 Å². The number of methoxy groups -OCH3 is 1. The first kappa shape index (κ1) is 21.0. The van der Waals surface area contributed by atoms with Gasteiger partial charge in [0, 0.05) is 19.3 Å². The maximum atomic E-state index is 12.0. The summed E-state index contributed by atoms with van der Waals surface area (Å²) in [5.41, 5.74) is 8.35. The summed E-state index contributed by atoms with van der Waals surface area (Å²) in [5.74, 6) is 0.652. The maximum Gasteiger partial charge on any atom is 0.227 e. The van der Waals surface area contributed by atoms with Gasteiger partial charge in [0.1, 0.15) is 12.4 Å². The van der Waals surface area contributed by atoms with Crippen molar-refractivity contribution in [2.24, 2.45) is 5.73 Å². The Bertz CT molecular complexity index is 661. The highest BCUT2D eigenvalue weighted by atomic mass is 35.5. The van der Waals surface area contributed by atoms with Crippen molar-refractivity contribution in [3.05, 3.63) is 59.7 Å². The van der Waals surface area contributed by atoms with E-state index >= 15 is 0 Å². The molecule has 6 heteroatoms. The van der Waals surface area contributed by atoms with Crippen molar-refractivity contribution >= 4 is 24.0 Å². The Morgan fingerprint density at radius 2 is 1.92 bits per heavy atom. The van der Waals surface area contributed by atoms with E-state index < -0.39 is 0 Å². The highest BCUT2D eigenvalue weighted by Crippen LogP contribution is 2.22. The first-order valence-electron chi connectivity index (χ1n) is 7.92. The van der Waals surface area contributed by atoms with E-state index in [-0.39, 0.29) is 30.8 Å². The monoisotopic (exact) mass is 364 g/mol. The number of nitrogens with one attached hydrogen (secondary N) is 1. The molecule has 0 saturated heterocycles. The van der Waals surface area contributed by atoms with E-state index in [4.69, 9.17) is 15.2 Å². The highest BCUT2D eigenvalue weighted by molar-refractivity contribution is 5.91. The quantitative estimate of drug-likeness (QED) is 0.753. The van der Waals surface area contributed by atoms with Gasteiger partial charge in [-0.1, -0.05) is 30.3 Å². The summed E-state index contributed by atoms with van der Waals surface area (Å²) in [6, 6.07) is 15.6. The predicted octanol–water partition coefficient (Wildman–Crippen LogP) is 3.30. The molecule has 136 valence electrons. The third-order valence-electron chi connectivity index (χ3n) is 3.73. The fraction of sp³-hybridized carbons (Fsp3) is 0.316. The SMILES string of the molecule is COC(CN)CC(=O)Nc1ccc(OCc2ccccc2)cc1C.Cl. The Balaban J connectivity index is 0.00000312. The van der Waals surface area contributed by atoms with Crippen molar-refractivity contribution in [2.45, 2.75) is 26.1 Å². The standard InChI is InChI=1S/C19H24N2O3.ClH/c1-14-10-16(24-13-15-6-4-3-5-7-15)8-9-18(14)21-19(22)11-17(12-20)23-2;/h3-10,17H,11-13,20H2,1-2H3,(H,21,22);1H. The van der Waals surface area contributed by atoms with E-state index in [2.05, 4.69) is 5.32 Å². The summed E-state index contributed by atoms with van der Waals surface area (Å²) in [4.78, 5) is 12.0. The fourth-order valence-corrected chi connectivity index (χ4v) is 2.28. The molecule has 2 rings (SSSR count). The largest absolute Gasteiger partial charge is 0.489 e. The zero-order valence-corrected chi connectivity index (χ0v) is 15.3. The minimum atomic E-state index is -0.265. The number of carbonyl (C=O) groups excluding carboxylic acids is 1. The fourth-order valence-electron chi connectivity index (χ4n) is 2.28. The smallest absolute Gasteiger partial charge is 0.227 e. The van der Waals surface area contributed by atoms with Crippen LogP contribution in [0.1, 0.15) is 17.5 Å². The molecule has 0 radical (unpaired) electrons. The van der Waals surface area contributed by atoms with E-state index in [1.807, 2.05) is 55.5 Å². The number of halogens is 1. The molecule has 1 unspecified atom stereocenters. The molecule has 0 aliphatic carbocycles. The molecule has 0 aliphatic rings. The molecular weight excluding hydrogens is 340 g/mol. The van der Waals surface area contributed by atoms with E-state index in [0.717, 1.165) is 22.6 Å². The lowest BCUT2D eigenvalue weighted by atomic mass is 10.1. The number of ether oxygens (including phenoxy) is 2. The third-order valence-corrected chi connectivity index (χ3v) is 3.73. The minimum Gasteiger partial charge on any atom is -0.489 e. The van der Waals surface area contributed by atoms with Crippen LogP contribution in [-0.4, -0.2) is 25.7 Å². The Labute approximate surface area is 154 Å². The van der Waals surface area contributed by atoms with Gasteiger partial charge in [-0.25, -0.2) is 0 Å². The third kappa shape index (κ3) is 6.74. The molecule has 1 atom stereocenters. The van der Waals surface area contributed by atoms with Crippen LogP contribution in [0.5, 0.6) is 5.75 Å². The van der Waals surface area contributed by atoms with Crippen molar-refractivity contribution in [3.8, 4) is 5.75 Å². The van der Waals surface area contributed by atoms with Gasteiger partial charge < -0.3 is 20.5 Å². The predicted molar refractivity (Wildman–Crippen MR) is 102 cm³/mol. The molecule has 0 aliphatic heterocycles. The number of carbonyl (C=O) groups is 1. The number of benzene rings is 2. The van der Waals surface area contributed by atoms with E-state index in [1.165, 1.54) is 0 Å². The maximum absolute atomic E-state index is 12.0. The first-order valence-corrected chi connectivity index (χ1v) is 7.92. The van der Waals surface area contributed by atoms with E-state index in [1.54, 1.807) is 7.11 Å². The van der Waals surface area contributed by atoms with Gasteiger partial charge in [0.25, 0.3) is 0 Å². The number of amides is 1. The first-order chi connectivity index (χ1) is 11.6. The molecule has 5 nitrogen and oxygen atoms in total. The van der Waals surface area contributed by atoms with E-state index in [0.29, 0.717) is 13.2 Å². The summed E-state index contributed by atoms with van der Waals surface area (Å²) in [7, 11) is 1.55. The van der Waals surface area contributed by atoms with Crippen LogP contribution in [-0.2, 0) is 16.1 Å².